The largest absolute Gasteiger partial charge is 0.460 e. The van der Waals surface area contributed by atoms with Crippen molar-refractivity contribution in [3.8, 4) is 0 Å². The van der Waals surface area contributed by atoms with Gasteiger partial charge in [-0.1, -0.05) is 29.5 Å². The van der Waals surface area contributed by atoms with Gasteiger partial charge in [0.25, 0.3) is 0 Å². The van der Waals surface area contributed by atoms with Crippen molar-refractivity contribution in [1.29, 1.82) is 0 Å². The normalized spacial score (nSPS) is 17.5. The van der Waals surface area contributed by atoms with Crippen LogP contribution in [0.1, 0.15) is 13.3 Å². The van der Waals surface area contributed by atoms with Gasteiger partial charge in [0, 0.05) is 10.3 Å². The lowest BCUT2D eigenvalue weighted by Crippen LogP contribution is -2.74. The average molecular weight is 588 g/mol. The molecule has 0 N–H and O–H groups in total. The first-order valence-corrected chi connectivity index (χ1v) is 7.77. The highest BCUT2D eigenvalue weighted by Gasteiger charge is 2.95. The van der Waals surface area contributed by atoms with Crippen molar-refractivity contribution >= 4 is 22.6 Å². The van der Waals surface area contributed by atoms with E-state index in [9.17, 15) is 74.6 Å². The van der Waals surface area contributed by atoms with Crippen LogP contribution in [-0.2, 0) is 0 Å². The van der Waals surface area contributed by atoms with E-state index in [-0.39, 0.29) is 0 Å². The van der Waals surface area contributed by atoms with Crippen molar-refractivity contribution in [3.05, 3.63) is 0 Å². The summed E-state index contributed by atoms with van der Waals surface area (Å²) in [5.74, 6) is -55.7. The molecule has 0 bridgehead atoms. The molecule has 0 aromatic carbocycles. The quantitative estimate of drug-likeness (QED) is 0.160. The predicted octanol–water partition coefficient (Wildman–Crippen LogP) is 7.21. The summed E-state index contributed by atoms with van der Waals surface area (Å²) >= 11 is 0.867. The standard InChI is InChI=1S/C11H6F17I/c1-3(29)2-4(12,13)5(14,15)6(16,17)7(18,19)8(20,21)9(22,23)10(24,25)11(26,27)28/h3H,2H2,1H3. The molecule has 0 aromatic heterocycles. The number of hydrogen-bond donors (Lipinski definition) is 0. The monoisotopic (exact) mass is 588 g/mol. The maximum Gasteiger partial charge on any atom is 0.460 e. The lowest BCUT2D eigenvalue weighted by atomic mass is 9.88. The van der Waals surface area contributed by atoms with Gasteiger partial charge in [-0.2, -0.15) is 74.6 Å². The van der Waals surface area contributed by atoms with Crippen molar-refractivity contribution in [2.24, 2.45) is 0 Å². The molecule has 0 aliphatic carbocycles. The SMILES string of the molecule is CC(I)CC(F)(F)C(F)(F)C(F)(F)C(F)(F)C(F)(F)C(F)(F)C(F)(F)C(F)(F)F. The summed E-state index contributed by atoms with van der Waals surface area (Å²) in [6.07, 6.45) is -10.2. The fraction of sp³-hybridized carbons (Fsp3) is 1.00. The fourth-order valence-electron chi connectivity index (χ4n) is 1.68. The number of alkyl halides is 18. The summed E-state index contributed by atoms with van der Waals surface area (Å²) in [5.41, 5.74) is 0. The van der Waals surface area contributed by atoms with E-state index in [4.69, 9.17) is 0 Å². The summed E-state index contributed by atoms with van der Waals surface area (Å²) in [6, 6.07) is 0. The van der Waals surface area contributed by atoms with E-state index in [1.54, 1.807) is 0 Å². The van der Waals surface area contributed by atoms with Gasteiger partial charge in [0.05, 0.1) is 0 Å². The molecule has 0 saturated carbocycles. The molecule has 0 radical (unpaired) electrons. The lowest BCUT2D eigenvalue weighted by molar-refractivity contribution is -0.461. The van der Waals surface area contributed by atoms with Crippen LogP contribution in [0, 0.1) is 0 Å². The van der Waals surface area contributed by atoms with Gasteiger partial charge in [-0.05, 0) is 0 Å². The molecule has 0 spiro atoms. The Morgan fingerprint density at radius 2 is 0.724 bits per heavy atom. The Labute approximate surface area is 162 Å². The van der Waals surface area contributed by atoms with Gasteiger partial charge in [-0.25, -0.2) is 0 Å². The van der Waals surface area contributed by atoms with Crippen LogP contribution in [0.15, 0.2) is 0 Å². The van der Waals surface area contributed by atoms with Gasteiger partial charge in [0.15, 0.2) is 0 Å². The van der Waals surface area contributed by atoms with E-state index in [1.165, 1.54) is 0 Å². The van der Waals surface area contributed by atoms with Crippen molar-refractivity contribution in [3.63, 3.8) is 0 Å². The van der Waals surface area contributed by atoms with Crippen LogP contribution in [0.2, 0.25) is 0 Å². The first-order chi connectivity index (χ1) is 12.2. The summed E-state index contributed by atoms with van der Waals surface area (Å²) in [5, 5.41) is 0. The topological polar surface area (TPSA) is 0 Å². The van der Waals surface area contributed by atoms with Gasteiger partial charge in [-0.15, -0.1) is 0 Å². The smallest absolute Gasteiger partial charge is 0.200 e. The molecule has 0 saturated heterocycles. The minimum atomic E-state index is -8.57. The Hall–Kier alpha value is -0.460. The zero-order chi connectivity index (χ0) is 24.3. The van der Waals surface area contributed by atoms with Crippen molar-refractivity contribution in [2.75, 3.05) is 0 Å². The fourth-order valence-corrected chi connectivity index (χ4v) is 2.23. The first kappa shape index (κ1) is 28.5. The molecular weight excluding hydrogens is 582 g/mol. The minimum Gasteiger partial charge on any atom is -0.200 e. The molecule has 176 valence electrons. The molecule has 1 atom stereocenters. The van der Waals surface area contributed by atoms with Gasteiger partial charge < -0.3 is 0 Å². The van der Waals surface area contributed by atoms with Crippen molar-refractivity contribution < 1.29 is 74.6 Å². The third kappa shape index (κ3) is 3.94. The molecule has 0 rings (SSSR count). The van der Waals surface area contributed by atoms with Crippen molar-refractivity contribution in [1.82, 2.24) is 0 Å². The van der Waals surface area contributed by atoms with E-state index in [0.717, 1.165) is 22.6 Å². The number of halogens is 18. The highest BCUT2D eigenvalue weighted by atomic mass is 127. The number of hydrogen-bond acceptors (Lipinski definition) is 0. The summed E-state index contributed by atoms with van der Waals surface area (Å²) in [7, 11) is 0. The highest BCUT2D eigenvalue weighted by molar-refractivity contribution is 14.1. The van der Waals surface area contributed by atoms with Gasteiger partial charge in [-0.3, -0.25) is 0 Å². The Bertz CT molecular complexity index is 587. The van der Waals surface area contributed by atoms with Gasteiger partial charge >= 0.3 is 47.6 Å². The van der Waals surface area contributed by atoms with Crippen LogP contribution in [0.5, 0.6) is 0 Å². The Morgan fingerprint density at radius 1 is 0.483 bits per heavy atom. The number of rotatable bonds is 8. The molecule has 0 aliphatic heterocycles. The van der Waals surface area contributed by atoms with E-state index in [0.29, 0.717) is 6.92 Å². The summed E-state index contributed by atoms with van der Waals surface area (Å²) in [4.78, 5) is 0. The van der Waals surface area contributed by atoms with Gasteiger partial charge in [0.1, 0.15) is 0 Å². The second-order valence-electron chi connectivity index (χ2n) is 5.63. The second kappa shape index (κ2) is 7.30. The summed E-state index contributed by atoms with van der Waals surface area (Å²) < 4.78 is 217. The Kier molecular flexibility index (Phi) is 7.19. The van der Waals surface area contributed by atoms with Crippen LogP contribution in [0.25, 0.3) is 0 Å². The van der Waals surface area contributed by atoms with E-state index in [2.05, 4.69) is 0 Å². The molecule has 0 nitrogen and oxygen atoms in total. The Morgan fingerprint density at radius 3 is 0.966 bits per heavy atom. The third-order valence-electron chi connectivity index (χ3n) is 3.32. The molecule has 18 heteroatoms. The molecular formula is C11H6F17I. The van der Waals surface area contributed by atoms with Crippen LogP contribution in [0.3, 0.4) is 0 Å². The van der Waals surface area contributed by atoms with E-state index < -0.39 is 58.0 Å². The lowest BCUT2D eigenvalue weighted by Gasteiger charge is -2.43. The molecule has 0 heterocycles. The van der Waals surface area contributed by atoms with Gasteiger partial charge in [0.2, 0.25) is 0 Å². The molecule has 0 aliphatic rings. The highest BCUT2D eigenvalue weighted by Crippen LogP contribution is 2.64. The van der Waals surface area contributed by atoms with Crippen LogP contribution < -0.4 is 0 Å². The average Bonchev–Trinajstić information content (AvgIpc) is 2.43. The zero-order valence-electron chi connectivity index (χ0n) is 13.1. The van der Waals surface area contributed by atoms with Crippen LogP contribution in [0.4, 0.5) is 74.6 Å². The van der Waals surface area contributed by atoms with E-state index in [1.807, 2.05) is 0 Å². The maximum atomic E-state index is 13.3. The maximum absolute atomic E-state index is 13.3. The molecule has 29 heavy (non-hydrogen) atoms. The van der Waals surface area contributed by atoms with E-state index >= 15 is 0 Å². The molecule has 0 amide bonds. The van der Waals surface area contributed by atoms with Crippen LogP contribution >= 0.6 is 22.6 Å². The molecule has 0 aromatic rings. The first-order valence-electron chi connectivity index (χ1n) is 6.52. The zero-order valence-corrected chi connectivity index (χ0v) is 15.2. The minimum absolute atomic E-state index is 0.619. The Balaban J connectivity index is 6.65. The molecule has 1 unspecified atom stereocenters. The summed E-state index contributed by atoms with van der Waals surface area (Å²) in [6.45, 7) is 0.619. The van der Waals surface area contributed by atoms with Crippen LogP contribution in [-0.4, -0.2) is 51.6 Å². The predicted molar refractivity (Wildman–Crippen MR) is 68.8 cm³/mol. The third-order valence-corrected chi connectivity index (χ3v) is 3.77. The molecule has 0 fully saturated rings. The second-order valence-corrected chi connectivity index (χ2v) is 7.76. The van der Waals surface area contributed by atoms with Crippen molar-refractivity contribution in [2.45, 2.75) is 64.9 Å².